The van der Waals surface area contributed by atoms with Gasteiger partial charge >= 0.3 is 0 Å². The van der Waals surface area contributed by atoms with Crippen molar-refractivity contribution < 1.29 is 4.79 Å². The molecular weight excluding hydrogens is 222 g/mol. The number of Topliss-reactive ketones (excluding diaryl/α,β-unsaturated/α-hetero) is 1. The van der Waals surface area contributed by atoms with E-state index in [0.717, 1.165) is 37.5 Å². The summed E-state index contributed by atoms with van der Waals surface area (Å²) in [5, 5.41) is 3.34. The molecule has 0 aromatic carbocycles. The summed E-state index contributed by atoms with van der Waals surface area (Å²) in [6, 6.07) is 0. The molecule has 0 amide bonds. The highest BCUT2D eigenvalue weighted by Crippen LogP contribution is 2.07. The van der Waals surface area contributed by atoms with Crippen molar-refractivity contribution in [3.63, 3.8) is 0 Å². The van der Waals surface area contributed by atoms with Crippen LogP contribution in [0.2, 0.25) is 0 Å². The lowest BCUT2D eigenvalue weighted by atomic mass is 10.2. The van der Waals surface area contributed by atoms with Crippen LogP contribution in [0.4, 0.5) is 0 Å². The van der Waals surface area contributed by atoms with Gasteiger partial charge in [-0.05, 0) is 19.5 Å². The second-order valence-corrected chi connectivity index (χ2v) is 5.03. The van der Waals surface area contributed by atoms with E-state index in [1.165, 1.54) is 0 Å². The molecule has 88 valence electrons. The van der Waals surface area contributed by atoms with Gasteiger partial charge in [0, 0.05) is 30.6 Å². The van der Waals surface area contributed by atoms with Crippen LogP contribution in [0.3, 0.4) is 0 Å². The van der Waals surface area contributed by atoms with Gasteiger partial charge in [0.1, 0.15) is 0 Å². The van der Waals surface area contributed by atoms with Crippen LogP contribution in [-0.2, 0) is 11.2 Å². The topological polar surface area (TPSA) is 45.2 Å². The fraction of sp³-hybridized carbons (Fsp3) is 0.636. The van der Waals surface area contributed by atoms with E-state index in [0.29, 0.717) is 18.7 Å². The summed E-state index contributed by atoms with van der Waals surface area (Å²) < 4.78 is 0. The molecular formula is C11H17N3OS. The van der Waals surface area contributed by atoms with E-state index in [4.69, 9.17) is 0 Å². The van der Waals surface area contributed by atoms with Crippen LogP contribution in [0.5, 0.6) is 0 Å². The van der Waals surface area contributed by atoms with Gasteiger partial charge in [-0.3, -0.25) is 14.7 Å². The number of ketones is 1. The first-order valence-electron chi connectivity index (χ1n) is 5.67. The Morgan fingerprint density at radius 3 is 3.25 bits per heavy atom. The molecule has 1 aromatic rings. The van der Waals surface area contributed by atoms with E-state index >= 15 is 0 Å². The van der Waals surface area contributed by atoms with Gasteiger partial charge in [-0.2, -0.15) is 0 Å². The number of thiazole rings is 1. The number of nitrogens with zero attached hydrogens (tertiary/aromatic N) is 2. The molecule has 4 nitrogen and oxygen atoms in total. The second kappa shape index (κ2) is 6.08. The van der Waals surface area contributed by atoms with Crippen LogP contribution < -0.4 is 5.32 Å². The maximum Gasteiger partial charge on any atom is 0.152 e. The standard InChI is InChI=1S/C11H17N3OS/c15-10(6-11-7-13-9-16-11)8-14-4-1-2-12-3-5-14/h7,9,12H,1-6,8H2. The summed E-state index contributed by atoms with van der Waals surface area (Å²) in [7, 11) is 0. The number of carbonyl (C=O) groups excluding carboxylic acids is 1. The Kier molecular flexibility index (Phi) is 4.44. The number of hydrogen-bond acceptors (Lipinski definition) is 5. The highest BCUT2D eigenvalue weighted by molar-refractivity contribution is 7.09. The zero-order chi connectivity index (χ0) is 11.2. The highest BCUT2D eigenvalue weighted by Gasteiger charge is 2.13. The van der Waals surface area contributed by atoms with Crippen LogP contribution in [-0.4, -0.2) is 48.4 Å². The van der Waals surface area contributed by atoms with Crippen molar-refractivity contribution in [1.29, 1.82) is 0 Å². The van der Waals surface area contributed by atoms with Crippen molar-refractivity contribution in [3.05, 3.63) is 16.6 Å². The molecule has 0 bridgehead atoms. The van der Waals surface area contributed by atoms with Crippen molar-refractivity contribution in [1.82, 2.24) is 15.2 Å². The van der Waals surface area contributed by atoms with E-state index in [1.807, 2.05) is 0 Å². The first kappa shape index (κ1) is 11.7. The Bertz CT molecular complexity index is 318. The molecule has 5 heteroatoms. The molecule has 0 spiro atoms. The molecule has 0 aliphatic carbocycles. The van der Waals surface area contributed by atoms with Gasteiger partial charge in [0.25, 0.3) is 0 Å². The van der Waals surface area contributed by atoms with Crippen molar-refractivity contribution >= 4 is 17.1 Å². The van der Waals surface area contributed by atoms with E-state index in [9.17, 15) is 4.79 Å². The number of aromatic nitrogens is 1. The molecule has 16 heavy (non-hydrogen) atoms. The monoisotopic (exact) mass is 239 g/mol. The minimum absolute atomic E-state index is 0.297. The van der Waals surface area contributed by atoms with E-state index in [1.54, 1.807) is 23.0 Å². The molecule has 0 unspecified atom stereocenters. The molecule has 1 saturated heterocycles. The first-order chi connectivity index (χ1) is 7.84. The smallest absolute Gasteiger partial charge is 0.152 e. The van der Waals surface area contributed by atoms with Crippen LogP contribution in [0, 0.1) is 0 Å². The van der Waals surface area contributed by atoms with Crippen LogP contribution in [0.25, 0.3) is 0 Å². The summed E-state index contributed by atoms with van der Waals surface area (Å²) in [6.07, 6.45) is 3.45. The lowest BCUT2D eigenvalue weighted by Gasteiger charge is -2.17. The van der Waals surface area contributed by atoms with E-state index in [2.05, 4.69) is 15.2 Å². The van der Waals surface area contributed by atoms with Crippen molar-refractivity contribution in [2.45, 2.75) is 12.8 Å². The van der Waals surface area contributed by atoms with Gasteiger partial charge in [-0.25, -0.2) is 0 Å². The largest absolute Gasteiger partial charge is 0.315 e. The van der Waals surface area contributed by atoms with Crippen LogP contribution in [0.1, 0.15) is 11.3 Å². The van der Waals surface area contributed by atoms with Gasteiger partial charge in [0.15, 0.2) is 5.78 Å². The molecule has 0 atom stereocenters. The summed E-state index contributed by atoms with van der Waals surface area (Å²) >= 11 is 1.55. The third kappa shape index (κ3) is 3.66. The Morgan fingerprint density at radius 1 is 1.50 bits per heavy atom. The van der Waals surface area contributed by atoms with Crippen LogP contribution in [0.15, 0.2) is 11.7 Å². The predicted molar refractivity (Wildman–Crippen MR) is 64.8 cm³/mol. The molecule has 1 aromatic heterocycles. The number of rotatable bonds is 4. The number of carbonyl (C=O) groups is 1. The summed E-state index contributed by atoms with van der Waals surface area (Å²) in [5.74, 6) is 0.297. The maximum absolute atomic E-state index is 11.8. The Balaban J connectivity index is 1.77. The Hall–Kier alpha value is -0.780. The van der Waals surface area contributed by atoms with Gasteiger partial charge in [0.2, 0.25) is 0 Å². The van der Waals surface area contributed by atoms with Crippen molar-refractivity contribution in [3.8, 4) is 0 Å². The molecule has 2 rings (SSSR count). The normalized spacial score (nSPS) is 18.2. The maximum atomic E-state index is 11.8. The molecule has 2 heterocycles. The molecule has 1 fully saturated rings. The molecule has 1 N–H and O–H groups in total. The minimum Gasteiger partial charge on any atom is -0.315 e. The van der Waals surface area contributed by atoms with Gasteiger partial charge in [-0.15, -0.1) is 11.3 Å². The van der Waals surface area contributed by atoms with Gasteiger partial charge in [-0.1, -0.05) is 0 Å². The number of nitrogens with one attached hydrogen (secondary N) is 1. The second-order valence-electron chi connectivity index (χ2n) is 4.06. The van der Waals surface area contributed by atoms with E-state index in [-0.39, 0.29) is 0 Å². The van der Waals surface area contributed by atoms with Gasteiger partial charge < -0.3 is 5.32 Å². The zero-order valence-electron chi connectivity index (χ0n) is 9.32. The van der Waals surface area contributed by atoms with E-state index < -0.39 is 0 Å². The fourth-order valence-electron chi connectivity index (χ4n) is 1.89. The summed E-state index contributed by atoms with van der Waals surface area (Å²) in [6.45, 7) is 4.66. The van der Waals surface area contributed by atoms with Crippen molar-refractivity contribution in [2.24, 2.45) is 0 Å². The zero-order valence-corrected chi connectivity index (χ0v) is 10.1. The van der Waals surface area contributed by atoms with Crippen molar-refractivity contribution in [2.75, 3.05) is 32.7 Å². The first-order valence-corrected chi connectivity index (χ1v) is 6.55. The quantitative estimate of drug-likeness (QED) is 0.833. The predicted octanol–water partition coefficient (Wildman–Crippen LogP) is 0.550. The summed E-state index contributed by atoms with van der Waals surface area (Å²) in [4.78, 5) is 19.1. The fourth-order valence-corrected chi connectivity index (χ4v) is 2.51. The average Bonchev–Trinajstić information content (AvgIpc) is 2.62. The third-order valence-electron chi connectivity index (χ3n) is 2.69. The summed E-state index contributed by atoms with van der Waals surface area (Å²) in [5.41, 5.74) is 1.78. The average molecular weight is 239 g/mol. The van der Waals surface area contributed by atoms with Crippen LogP contribution >= 0.6 is 11.3 Å². The molecule has 0 saturated carbocycles. The Morgan fingerprint density at radius 2 is 2.44 bits per heavy atom. The third-order valence-corrected chi connectivity index (χ3v) is 3.47. The molecule has 1 aliphatic heterocycles. The van der Waals surface area contributed by atoms with Gasteiger partial charge in [0.05, 0.1) is 12.1 Å². The minimum atomic E-state index is 0.297. The number of hydrogen-bond donors (Lipinski definition) is 1. The molecule has 1 aliphatic rings. The Labute approximate surface area is 99.7 Å². The highest BCUT2D eigenvalue weighted by atomic mass is 32.1. The lowest BCUT2D eigenvalue weighted by Crippen LogP contribution is -2.33. The SMILES string of the molecule is O=C(Cc1cncs1)CN1CCCNCC1. The molecule has 0 radical (unpaired) electrons. The lowest BCUT2D eigenvalue weighted by molar-refractivity contribution is -0.119.